The molecular weight excluding hydrogens is 396 g/mol. The summed E-state index contributed by atoms with van der Waals surface area (Å²) in [5.41, 5.74) is 4.39. The predicted octanol–water partition coefficient (Wildman–Crippen LogP) is 5.98. The van der Waals surface area contributed by atoms with Crippen LogP contribution in [-0.2, 0) is 0 Å². The molecule has 2 amide bonds. The van der Waals surface area contributed by atoms with Crippen LogP contribution < -0.4 is 14.8 Å². The molecular formula is C24H30N2O3S. The van der Waals surface area contributed by atoms with Gasteiger partial charge in [-0.25, -0.2) is 4.79 Å². The monoisotopic (exact) mass is 426 g/mol. The van der Waals surface area contributed by atoms with E-state index in [9.17, 15) is 4.79 Å². The minimum absolute atomic E-state index is 0.0328. The highest BCUT2D eigenvalue weighted by atomic mass is 32.2. The number of hydrogen-bond donors (Lipinski definition) is 1. The third-order valence-electron chi connectivity index (χ3n) is 5.61. The molecule has 0 unspecified atom stereocenters. The van der Waals surface area contributed by atoms with Crippen LogP contribution in [0.15, 0.2) is 36.4 Å². The van der Waals surface area contributed by atoms with Crippen molar-refractivity contribution in [1.29, 1.82) is 0 Å². The third-order valence-corrected chi connectivity index (χ3v) is 6.87. The first kappa shape index (κ1) is 20.9. The highest BCUT2D eigenvalue weighted by molar-refractivity contribution is 7.99. The number of urea groups is 1. The topological polar surface area (TPSA) is 50.8 Å². The molecule has 2 aromatic rings. The zero-order valence-corrected chi connectivity index (χ0v) is 18.9. The Hall–Kier alpha value is -2.34. The zero-order valence-electron chi connectivity index (χ0n) is 18.1. The number of benzene rings is 2. The summed E-state index contributed by atoms with van der Waals surface area (Å²) in [5.74, 6) is 3.12. The van der Waals surface area contributed by atoms with Crippen molar-refractivity contribution < 1.29 is 14.3 Å². The van der Waals surface area contributed by atoms with Crippen LogP contribution in [0, 0.1) is 0 Å². The maximum absolute atomic E-state index is 13.4. The van der Waals surface area contributed by atoms with E-state index in [0.717, 1.165) is 35.0 Å². The second-order valence-electron chi connectivity index (χ2n) is 8.37. The molecule has 1 saturated heterocycles. The number of nitrogens with zero attached hydrogens (tertiary/aromatic N) is 1. The molecule has 5 nitrogen and oxygen atoms in total. The SMILES string of the molecule is CC(C)c1cccc(C(C)C)c1NC(=O)N1CCS[C@H]1c1ccc2c(c1)OCCO2. The molecule has 4 rings (SSSR count). The van der Waals surface area contributed by atoms with E-state index in [4.69, 9.17) is 9.47 Å². The summed E-state index contributed by atoms with van der Waals surface area (Å²) >= 11 is 1.78. The molecule has 2 aliphatic heterocycles. The van der Waals surface area contributed by atoms with Crippen LogP contribution in [-0.4, -0.2) is 36.4 Å². The van der Waals surface area contributed by atoms with E-state index in [1.807, 2.05) is 23.1 Å². The summed E-state index contributed by atoms with van der Waals surface area (Å²) < 4.78 is 11.4. The van der Waals surface area contributed by atoms with Crippen LogP contribution in [0.5, 0.6) is 11.5 Å². The van der Waals surface area contributed by atoms with Gasteiger partial charge in [-0.2, -0.15) is 0 Å². The third kappa shape index (κ3) is 4.10. The van der Waals surface area contributed by atoms with Crippen molar-refractivity contribution in [2.75, 3.05) is 30.8 Å². The van der Waals surface area contributed by atoms with E-state index in [1.54, 1.807) is 11.8 Å². The molecule has 1 fully saturated rings. The van der Waals surface area contributed by atoms with E-state index in [-0.39, 0.29) is 11.4 Å². The molecule has 6 heteroatoms. The van der Waals surface area contributed by atoms with Crippen molar-refractivity contribution in [2.24, 2.45) is 0 Å². The molecule has 2 aliphatic rings. The van der Waals surface area contributed by atoms with Crippen LogP contribution in [0.2, 0.25) is 0 Å². The van der Waals surface area contributed by atoms with E-state index in [2.05, 4.69) is 51.2 Å². The standard InChI is InChI=1S/C24H30N2O3S/c1-15(2)18-6-5-7-19(16(3)4)22(18)25-24(27)26-10-13-30-23(26)17-8-9-20-21(14-17)29-12-11-28-20/h5-9,14-16,23H,10-13H2,1-4H3,(H,25,27)/t23-/m0/s1. The van der Waals surface area contributed by atoms with Crippen molar-refractivity contribution >= 4 is 23.5 Å². The Kier molecular flexibility index (Phi) is 6.14. The van der Waals surface area contributed by atoms with Gasteiger partial charge in [0.1, 0.15) is 18.6 Å². The maximum Gasteiger partial charge on any atom is 0.323 e. The predicted molar refractivity (Wildman–Crippen MR) is 123 cm³/mol. The Morgan fingerprint density at radius 3 is 2.37 bits per heavy atom. The Labute approximate surface area is 183 Å². The highest BCUT2D eigenvalue weighted by Crippen LogP contribution is 2.42. The number of anilines is 1. The van der Waals surface area contributed by atoms with E-state index in [1.165, 1.54) is 11.1 Å². The van der Waals surface area contributed by atoms with Crippen molar-refractivity contribution in [1.82, 2.24) is 4.90 Å². The van der Waals surface area contributed by atoms with E-state index < -0.39 is 0 Å². The van der Waals surface area contributed by atoms with Crippen molar-refractivity contribution in [3.05, 3.63) is 53.1 Å². The average molecular weight is 427 g/mol. The summed E-state index contributed by atoms with van der Waals surface area (Å²) in [6, 6.07) is 12.3. The Morgan fingerprint density at radius 1 is 1.03 bits per heavy atom. The number of hydrogen-bond acceptors (Lipinski definition) is 4. The lowest BCUT2D eigenvalue weighted by Crippen LogP contribution is -2.35. The largest absolute Gasteiger partial charge is 0.486 e. The fourth-order valence-electron chi connectivity index (χ4n) is 4.04. The minimum atomic E-state index is -0.0464. The van der Waals surface area contributed by atoms with Gasteiger partial charge in [-0.15, -0.1) is 11.8 Å². The summed E-state index contributed by atoms with van der Waals surface area (Å²) in [6.45, 7) is 10.5. The van der Waals surface area contributed by atoms with Gasteiger partial charge in [-0.1, -0.05) is 52.0 Å². The van der Waals surface area contributed by atoms with E-state index >= 15 is 0 Å². The summed E-state index contributed by atoms with van der Waals surface area (Å²) in [4.78, 5) is 15.3. The molecule has 0 bridgehead atoms. The van der Waals surface area contributed by atoms with Gasteiger partial charge in [-0.05, 0) is 40.7 Å². The molecule has 0 aliphatic carbocycles. The Bertz CT molecular complexity index is 902. The highest BCUT2D eigenvalue weighted by Gasteiger charge is 2.32. The quantitative estimate of drug-likeness (QED) is 0.653. The normalized spacial score (nSPS) is 18.2. The molecule has 0 saturated carbocycles. The lowest BCUT2D eigenvalue weighted by Gasteiger charge is -2.28. The molecule has 2 heterocycles. The van der Waals surface area contributed by atoms with Crippen molar-refractivity contribution in [3.63, 3.8) is 0 Å². The molecule has 1 atom stereocenters. The first-order valence-electron chi connectivity index (χ1n) is 10.7. The zero-order chi connectivity index (χ0) is 21.3. The van der Waals surface area contributed by atoms with Crippen LogP contribution in [0.4, 0.5) is 10.5 Å². The van der Waals surface area contributed by atoms with Crippen molar-refractivity contribution in [2.45, 2.75) is 44.9 Å². The maximum atomic E-state index is 13.4. The minimum Gasteiger partial charge on any atom is -0.486 e. The summed E-state index contributed by atoms with van der Waals surface area (Å²) in [6.07, 6.45) is 0. The number of para-hydroxylation sites is 1. The number of fused-ring (bicyclic) bond motifs is 1. The van der Waals surface area contributed by atoms with Crippen LogP contribution in [0.25, 0.3) is 0 Å². The van der Waals surface area contributed by atoms with Gasteiger partial charge in [0.2, 0.25) is 0 Å². The number of carbonyl (C=O) groups excluding carboxylic acids is 1. The van der Waals surface area contributed by atoms with Gasteiger partial charge in [0, 0.05) is 18.0 Å². The first-order valence-corrected chi connectivity index (χ1v) is 11.7. The number of rotatable bonds is 4. The fourth-order valence-corrected chi connectivity index (χ4v) is 5.29. The number of thioether (sulfide) groups is 1. The van der Waals surface area contributed by atoms with Crippen molar-refractivity contribution in [3.8, 4) is 11.5 Å². The van der Waals surface area contributed by atoms with Gasteiger partial charge in [0.25, 0.3) is 0 Å². The summed E-state index contributed by atoms with van der Waals surface area (Å²) in [7, 11) is 0. The fraction of sp³-hybridized carbons (Fsp3) is 0.458. The van der Waals surface area contributed by atoms with Crippen LogP contribution in [0.1, 0.15) is 61.6 Å². The van der Waals surface area contributed by atoms with Crippen LogP contribution >= 0.6 is 11.8 Å². The second kappa shape index (κ2) is 8.80. The Balaban J connectivity index is 1.60. The second-order valence-corrected chi connectivity index (χ2v) is 9.56. The summed E-state index contributed by atoms with van der Waals surface area (Å²) in [5, 5.41) is 3.23. The lowest BCUT2D eigenvalue weighted by molar-refractivity contribution is 0.171. The molecule has 0 aromatic heterocycles. The van der Waals surface area contributed by atoms with Gasteiger partial charge >= 0.3 is 6.03 Å². The molecule has 1 N–H and O–H groups in total. The van der Waals surface area contributed by atoms with Gasteiger partial charge in [0.05, 0.1) is 0 Å². The van der Waals surface area contributed by atoms with E-state index in [0.29, 0.717) is 25.0 Å². The molecule has 0 spiro atoms. The van der Waals surface area contributed by atoms with Gasteiger partial charge < -0.3 is 19.7 Å². The number of amides is 2. The molecule has 30 heavy (non-hydrogen) atoms. The number of ether oxygens (including phenoxy) is 2. The average Bonchev–Trinajstić information content (AvgIpc) is 3.23. The Morgan fingerprint density at radius 2 is 1.70 bits per heavy atom. The first-order chi connectivity index (χ1) is 14.5. The molecule has 160 valence electrons. The smallest absolute Gasteiger partial charge is 0.323 e. The van der Waals surface area contributed by atoms with Gasteiger partial charge in [-0.3, -0.25) is 0 Å². The van der Waals surface area contributed by atoms with Gasteiger partial charge in [0.15, 0.2) is 11.5 Å². The lowest BCUT2D eigenvalue weighted by atomic mass is 9.93. The number of nitrogens with one attached hydrogen (secondary N) is 1. The van der Waals surface area contributed by atoms with Crippen LogP contribution in [0.3, 0.4) is 0 Å². The molecule has 2 aromatic carbocycles. The number of carbonyl (C=O) groups is 1. The molecule has 0 radical (unpaired) electrons.